The van der Waals surface area contributed by atoms with Crippen LogP contribution < -0.4 is 9.61 Å². The highest BCUT2D eigenvalue weighted by Gasteiger charge is 2.21. The first kappa shape index (κ1) is 24.4. The maximum atomic E-state index is 12.5. The highest BCUT2D eigenvalue weighted by Crippen LogP contribution is 2.26. The van der Waals surface area contributed by atoms with E-state index in [2.05, 4.69) is 10.5 Å². The van der Waals surface area contributed by atoms with Gasteiger partial charge < -0.3 is 9.29 Å². The van der Waals surface area contributed by atoms with Gasteiger partial charge in [0.25, 0.3) is 11.6 Å². The monoisotopic (exact) mass is 505 g/mol. The molecule has 182 valence electrons. The van der Waals surface area contributed by atoms with Crippen molar-refractivity contribution >= 4 is 38.7 Å². The molecule has 0 aliphatic heterocycles. The molecule has 0 atom stereocenters. The number of nitrogens with zero attached hydrogens (tertiary/aromatic N) is 2. The summed E-state index contributed by atoms with van der Waals surface area (Å²) in [5.41, 5.74) is 2.92. The Morgan fingerprint density at radius 3 is 2.36 bits per heavy atom. The zero-order chi connectivity index (χ0) is 25.9. The molecule has 0 bridgehead atoms. The molecule has 36 heavy (non-hydrogen) atoms. The number of aryl methyl sites for hydroxylation is 1. The third-order valence-electron chi connectivity index (χ3n) is 5.24. The topological polar surface area (TPSA) is 148 Å². The minimum absolute atomic E-state index is 0.0134. The van der Waals surface area contributed by atoms with Crippen molar-refractivity contribution in [1.82, 2.24) is 5.43 Å². The maximum absolute atomic E-state index is 12.5. The Kier molecular flexibility index (Phi) is 6.66. The van der Waals surface area contributed by atoms with Crippen LogP contribution in [0.4, 0.5) is 5.69 Å². The molecule has 0 aromatic heterocycles. The number of carbonyl (C=O) groups excluding carboxylic acids is 1. The van der Waals surface area contributed by atoms with E-state index in [1.165, 1.54) is 55.6 Å². The van der Waals surface area contributed by atoms with Gasteiger partial charge in [0.1, 0.15) is 16.4 Å². The second kappa shape index (κ2) is 9.84. The van der Waals surface area contributed by atoms with Gasteiger partial charge in [-0.2, -0.15) is 13.5 Å². The van der Waals surface area contributed by atoms with E-state index in [4.69, 9.17) is 4.18 Å². The highest BCUT2D eigenvalue weighted by atomic mass is 32.2. The van der Waals surface area contributed by atoms with E-state index >= 15 is 0 Å². The van der Waals surface area contributed by atoms with Crippen molar-refractivity contribution in [1.29, 1.82) is 0 Å². The lowest BCUT2D eigenvalue weighted by atomic mass is 10.1. The molecule has 4 rings (SSSR count). The van der Waals surface area contributed by atoms with E-state index in [-0.39, 0.29) is 27.6 Å². The van der Waals surface area contributed by atoms with Crippen LogP contribution in [0.5, 0.6) is 11.5 Å². The Labute approximate surface area is 205 Å². The van der Waals surface area contributed by atoms with Crippen LogP contribution in [0.2, 0.25) is 0 Å². The van der Waals surface area contributed by atoms with Crippen LogP contribution in [-0.2, 0) is 10.1 Å². The van der Waals surface area contributed by atoms with E-state index < -0.39 is 20.9 Å². The van der Waals surface area contributed by atoms with Gasteiger partial charge in [-0.3, -0.25) is 14.9 Å². The number of nitrogens with one attached hydrogen (secondary N) is 1. The standard InChI is InChI=1S/C25H19N3O7S/c1-16-6-11-21(14-23(16)28(31)32)36(33,34)35-20-9-7-17(8-10-20)15-26-27-25(30)22-12-18-4-2-3-5-19(18)13-24(22)29/h2-15,29H,1H3,(H,27,30)/b26-15+. The first-order chi connectivity index (χ1) is 17.1. The third kappa shape index (κ3) is 5.31. The van der Waals surface area contributed by atoms with Crippen molar-refractivity contribution in [2.75, 3.05) is 0 Å². The van der Waals surface area contributed by atoms with Gasteiger partial charge in [0.2, 0.25) is 0 Å². The molecule has 4 aromatic rings. The predicted molar refractivity (Wildman–Crippen MR) is 133 cm³/mol. The number of amides is 1. The van der Waals surface area contributed by atoms with Crippen molar-refractivity contribution in [3.8, 4) is 11.5 Å². The summed E-state index contributed by atoms with van der Waals surface area (Å²) in [6.07, 6.45) is 1.33. The molecule has 4 aromatic carbocycles. The zero-order valence-electron chi connectivity index (χ0n) is 18.8. The number of nitro groups is 1. The lowest BCUT2D eigenvalue weighted by Crippen LogP contribution is -2.17. The quantitative estimate of drug-likeness (QED) is 0.165. The van der Waals surface area contributed by atoms with Crippen molar-refractivity contribution in [3.63, 3.8) is 0 Å². The fourth-order valence-corrected chi connectivity index (χ4v) is 4.31. The van der Waals surface area contributed by atoms with Gasteiger partial charge in [0.15, 0.2) is 0 Å². The van der Waals surface area contributed by atoms with Crippen LogP contribution >= 0.6 is 0 Å². The molecule has 0 saturated heterocycles. The first-order valence-corrected chi connectivity index (χ1v) is 11.9. The van der Waals surface area contributed by atoms with E-state index in [1.54, 1.807) is 6.07 Å². The Morgan fingerprint density at radius 2 is 1.69 bits per heavy atom. The van der Waals surface area contributed by atoms with E-state index in [0.717, 1.165) is 16.8 Å². The number of carbonyl (C=O) groups is 1. The minimum atomic E-state index is -4.30. The highest BCUT2D eigenvalue weighted by molar-refractivity contribution is 7.87. The predicted octanol–water partition coefficient (Wildman–Crippen LogP) is 4.29. The molecular weight excluding hydrogens is 486 g/mol. The summed E-state index contributed by atoms with van der Waals surface area (Å²) in [5, 5.41) is 26.7. The first-order valence-electron chi connectivity index (χ1n) is 10.5. The molecular formula is C25H19N3O7S. The molecule has 0 spiro atoms. The summed E-state index contributed by atoms with van der Waals surface area (Å²) < 4.78 is 30.1. The van der Waals surface area contributed by atoms with Gasteiger partial charge in [-0.25, -0.2) is 5.43 Å². The second-order valence-electron chi connectivity index (χ2n) is 7.73. The van der Waals surface area contributed by atoms with Gasteiger partial charge in [0.05, 0.1) is 16.7 Å². The second-order valence-corrected chi connectivity index (χ2v) is 9.27. The molecule has 0 unspecified atom stereocenters. The Balaban J connectivity index is 1.42. The molecule has 1 amide bonds. The van der Waals surface area contributed by atoms with Gasteiger partial charge in [-0.05, 0) is 65.7 Å². The van der Waals surface area contributed by atoms with E-state index in [0.29, 0.717) is 11.1 Å². The SMILES string of the molecule is Cc1ccc(S(=O)(=O)Oc2ccc(/C=N/NC(=O)c3cc4ccccc4cc3O)cc2)cc1[N+](=O)[O-]. The number of phenols is 1. The van der Waals surface area contributed by atoms with E-state index in [1.807, 2.05) is 24.3 Å². The Morgan fingerprint density at radius 1 is 1.03 bits per heavy atom. The smallest absolute Gasteiger partial charge is 0.339 e. The Bertz CT molecular complexity index is 1620. The number of benzene rings is 4. The number of rotatable bonds is 7. The van der Waals surface area contributed by atoms with Gasteiger partial charge >= 0.3 is 10.1 Å². The summed E-state index contributed by atoms with van der Waals surface area (Å²) in [4.78, 5) is 22.5. The lowest BCUT2D eigenvalue weighted by molar-refractivity contribution is -0.385. The van der Waals surface area contributed by atoms with Crippen LogP contribution in [-0.4, -0.2) is 30.6 Å². The Hall–Kier alpha value is -4.77. The largest absolute Gasteiger partial charge is 0.507 e. The number of nitro benzene ring substituents is 1. The normalized spacial score (nSPS) is 11.5. The van der Waals surface area contributed by atoms with Crippen LogP contribution in [0.15, 0.2) is 88.9 Å². The van der Waals surface area contributed by atoms with Gasteiger partial charge in [-0.15, -0.1) is 0 Å². The maximum Gasteiger partial charge on any atom is 0.339 e. The molecule has 0 fully saturated rings. The van der Waals surface area contributed by atoms with Crippen molar-refractivity contribution in [3.05, 3.63) is 106 Å². The summed E-state index contributed by atoms with van der Waals surface area (Å²) in [5.74, 6) is -0.795. The van der Waals surface area contributed by atoms with Crippen molar-refractivity contribution < 1.29 is 27.4 Å². The van der Waals surface area contributed by atoms with Crippen LogP contribution in [0, 0.1) is 17.0 Å². The molecule has 0 heterocycles. The molecule has 0 aliphatic rings. The molecule has 0 saturated carbocycles. The van der Waals surface area contributed by atoms with Crippen LogP contribution in [0.25, 0.3) is 10.8 Å². The lowest BCUT2D eigenvalue weighted by Gasteiger charge is -2.08. The minimum Gasteiger partial charge on any atom is -0.507 e. The van der Waals surface area contributed by atoms with Gasteiger partial charge in [-0.1, -0.05) is 30.3 Å². The van der Waals surface area contributed by atoms with E-state index in [9.17, 15) is 28.4 Å². The third-order valence-corrected chi connectivity index (χ3v) is 6.48. The summed E-state index contributed by atoms with van der Waals surface area (Å²) in [7, 11) is -4.30. The van der Waals surface area contributed by atoms with Crippen LogP contribution in [0.3, 0.4) is 0 Å². The number of hydrazone groups is 1. The van der Waals surface area contributed by atoms with Crippen molar-refractivity contribution in [2.45, 2.75) is 11.8 Å². The zero-order valence-corrected chi connectivity index (χ0v) is 19.6. The molecule has 0 radical (unpaired) electrons. The number of aromatic hydroxyl groups is 1. The van der Waals surface area contributed by atoms with Crippen molar-refractivity contribution in [2.24, 2.45) is 5.10 Å². The fraction of sp³-hybridized carbons (Fsp3) is 0.0400. The summed E-state index contributed by atoms with van der Waals surface area (Å²) in [6.45, 7) is 1.50. The van der Waals surface area contributed by atoms with Crippen LogP contribution in [0.1, 0.15) is 21.5 Å². The number of hydrogen-bond donors (Lipinski definition) is 2. The molecule has 2 N–H and O–H groups in total. The number of phenolic OH excluding ortho intramolecular Hbond substituents is 1. The number of hydrogen-bond acceptors (Lipinski definition) is 8. The average Bonchev–Trinajstić information content (AvgIpc) is 2.84. The molecule has 10 nitrogen and oxygen atoms in total. The average molecular weight is 506 g/mol. The van der Waals surface area contributed by atoms with Gasteiger partial charge in [0, 0.05) is 11.6 Å². The molecule has 11 heteroatoms. The summed E-state index contributed by atoms with van der Waals surface area (Å²) in [6, 6.07) is 19.6. The summed E-state index contributed by atoms with van der Waals surface area (Å²) >= 11 is 0. The molecule has 0 aliphatic carbocycles. The fourth-order valence-electron chi connectivity index (χ4n) is 3.36. The number of fused-ring (bicyclic) bond motifs is 1.